The van der Waals surface area contributed by atoms with Crippen LogP contribution in [0.3, 0.4) is 0 Å². The Labute approximate surface area is 686 Å². The summed E-state index contributed by atoms with van der Waals surface area (Å²) in [6.07, 6.45) is 88.0. The molecule has 111 heavy (non-hydrogen) atoms. The smallest absolute Gasteiger partial charge is 0.347 e. The highest BCUT2D eigenvalue weighted by molar-refractivity contribution is 5.81. The van der Waals surface area contributed by atoms with E-state index in [1.165, 1.54) is 225 Å². The van der Waals surface area contributed by atoms with Crippen LogP contribution in [0.15, 0.2) is 36.5 Å². The molecule has 0 saturated heterocycles. The molecule has 0 radical (unpaired) electrons. The summed E-state index contributed by atoms with van der Waals surface area (Å²) in [6.45, 7) is 12.5. The van der Waals surface area contributed by atoms with Gasteiger partial charge >= 0.3 is 35.8 Å². The molecule has 3 unspecified atom stereocenters. The van der Waals surface area contributed by atoms with E-state index in [1.54, 1.807) is 0 Å². The third-order valence-electron chi connectivity index (χ3n) is 22.1. The fourth-order valence-corrected chi connectivity index (χ4v) is 14.7. The summed E-state index contributed by atoms with van der Waals surface area (Å²) < 4.78 is 36.4. The molecule has 12 nitrogen and oxygen atoms in total. The van der Waals surface area contributed by atoms with Gasteiger partial charge in [-0.25, -0.2) is 14.4 Å². The van der Waals surface area contributed by atoms with Crippen molar-refractivity contribution < 1.29 is 57.2 Å². The van der Waals surface area contributed by atoms with E-state index < -0.39 is 73.4 Å². The summed E-state index contributed by atoms with van der Waals surface area (Å²) in [4.78, 5) is 84.7. The van der Waals surface area contributed by atoms with Crippen molar-refractivity contribution in [3.63, 3.8) is 0 Å². The van der Waals surface area contributed by atoms with Gasteiger partial charge in [0.1, 0.15) is 13.2 Å². The third-order valence-corrected chi connectivity index (χ3v) is 22.1. The SMILES string of the molecule is CCCCCCCCC=CCCCCCCCC(=O)OC(CCCCCCCCCCCC)C(=O)OCC(COC(=O)C(CCCCCCCCCCCC)OC(=O)CCCCCCCC=CCCCCCCCC)OC(=O)C(CCCCCCCCCCCC)OC(=O)CCCCCCCC=CCCCCCCCC. The molecular weight excluding hydrogens is 1380 g/mol. The molecule has 12 heteroatoms. The maximum absolute atomic E-state index is 14.7. The van der Waals surface area contributed by atoms with Crippen LogP contribution >= 0.6 is 0 Å². The number of unbranched alkanes of at least 4 members (excludes halogenated alkanes) is 60. The summed E-state index contributed by atoms with van der Waals surface area (Å²) in [6, 6.07) is 0. The van der Waals surface area contributed by atoms with Crippen LogP contribution in [0, 0.1) is 0 Å². The predicted molar refractivity (Wildman–Crippen MR) is 469 cm³/mol. The number of rotatable bonds is 89. The molecule has 0 aliphatic carbocycles. The van der Waals surface area contributed by atoms with Gasteiger partial charge in [0.15, 0.2) is 24.4 Å². The van der Waals surface area contributed by atoms with Crippen LogP contribution in [0.1, 0.15) is 523 Å². The van der Waals surface area contributed by atoms with Crippen molar-refractivity contribution in [3.05, 3.63) is 36.5 Å². The number of ether oxygens (including phenoxy) is 6. The Balaban J connectivity index is 6.72. The molecule has 0 N–H and O–H groups in total. The lowest BCUT2D eigenvalue weighted by Crippen LogP contribution is -2.39. The average molecular weight is 1560 g/mol. The summed E-state index contributed by atoms with van der Waals surface area (Å²) in [7, 11) is 0. The predicted octanol–water partition coefficient (Wildman–Crippen LogP) is 30.8. The van der Waals surface area contributed by atoms with Crippen molar-refractivity contribution in [3.8, 4) is 0 Å². The summed E-state index contributed by atoms with van der Waals surface area (Å²) >= 11 is 0. The first-order valence-corrected chi connectivity index (χ1v) is 48.6. The van der Waals surface area contributed by atoms with Crippen LogP contribution in [0.4, 0.5) is 0 Å². The molecule has 0 aliphatic heterocycles. The second kappa shape index (κ2) is 88.4. The first-order chi connectivity index (χ1) is 54.6. The van der Waals surface area contributed by atoms with Gasteiger partial charge in [-0.1, -0.05) is 405 Å². The van der Waals surface area contributed by atoms with Crippen LogP contribution in [0.5, 0.6) is 0 Å². The summed E-state index contributed by atoms with van der Waals surface area (Å²) in [5.74, 6) is -3.68. The van der Waals surface area contributed by atoms with Gasteiger partial charge in [0, 0.05) is 19.3 Å². The maximum Gasteiger partial charge on any atom is 0.347 e. The lowest BCUT2D eigenvalue weighted by Gasteiger charge is -2.24. The summed E-state index contributed by atoms with van der Waals surface area (Å²) in [5, 5.41) is 0. The van der Waals surface area contributed by atoms with Gasteiger partial charge in [0.25, 0.3) is 0 Å². The highest BCUT2D eigenvalue weighted by atomic mass is 16.6. The molecule has 0 aromatic rings. The first-order valence-electron chi connectivity index (χ1n) is 48.6. The number of carbonyl (C=O) groups excluding carboxylic acids is 6. The van der Waals surface area contributed by atoms with E-state index >= 15 is 0 Å². The van der Waals surface area contributed by atoms with Gasteiger partial charge in [0.2, 0.25) is 0 Å². The van der Waals surface area contributed by atoms with Gasteiger partial charge in [0.05, 0.1) is 0 Å². The summed E-state index contributed by atoms with van der Waals surface area (Å²) in [5.41, 5.74) is 0. The van der Waals surface area contributed by atoms with E-state index in [0.29, 0.717) is 38.5 Å². The maximum atomic E-state index is 14.7. The minimum atomic E-state index is -1.32. The molecule has 0 aromatic carbocycles. The van der Waals surface area contributed by atoms with E-state index in [4.69, 9.17) is 28.4 Å². The third kappa shape index (κ3) is 78.3. The van der Waals surface area contributed by atoms with Crippen molar-refractivity contribution in [2.24, 2.45) is 0 Å². The number of esters is 6. The number of hydrogen-bond acceptors (Lipinski definition) is 12. The van der Waals surface area contributed by atoms with Gasteiger partial charge < -0.3 is 28.4 Å². The van der Waals surface area contributed by atoms with Crippen molar-refractivity contribution in [2.45, 2.75) is 548 Å². The molecule has 0 aromatic heterocycles. The second-order valence-corrected chi connectivity index (χ2v) is 33.2. The van der Waals surface area contributed by atoms with Crippen molar-refractivity contribution in [1.29, 1.82) is 0 Å². The Hall–Kier alpha value is -3.96. The van der Waals surface area contributed by atoms with E-state index in [9.17, 15) is 28.8 Å². The lowest BCUT2D eigenvalue weighted by atomic mass is 10.0. The molecule has 0 spiro atoms. The van der Waals surface area contributed by atoms with Crippen molar-refractivity contribution >= 4 is 35.8 Å². The molecule has 0 aliphatic rings. The fraction of sp³-hybridized carbons (Fsp3) is 0.879. The Bertz CT molecular complexity index is 2020. The van der Waals surface area contributed by atoms with Crippen LogP contribution in [0.25, 0.3) is 0 Å². The molecule has 0 rings (SSSR count). The largest absolute Gasteiger partial charge is 0.459 e. The molecule has 650 valence electrons. The van der Waals surface area contributed by atoms with Crippen LogP contribution in [0.2, 0.25) is 0 Å². The normalized spacial score (nSPS) is 12.8. The van der Waals surface area contributed by atoms with Gasteiger partial charge in [-0.2, -0.15) is 0 Å². The lowest BCUT2D eigenvalue weighted by molar-refractivity contribution is -0.185. The van der Waals surface area contributed by atoms with Crippen LogP contribution < -0.4 is 0 Å². The Morgan fingerprint density at radius 2 is 0.369 bits per heavy atom. The number of carbonyl (C=O) groups is 6. The topological polar surface area (TPSA) is 158 Å². The molecule has 0 bridgehead atoms. The zero-order chi connectivity index (χ0) is 80.7. The zero-order valence-corrected chi connectivity index (χ0v) is 74.1. The molecular formula is C99H182O12. The molecule has 3 atom stereocenters. The second-order valence-electron chi connectivity index (χ2n) is 33.2. The van der Waals surface area contributed by atoms with Crippen LogP contribution in [-0.2, 0) is 57.2 Å². The average Bonchev–Trinajstić information content (AvgIpc) is 0.887. The van der Waals surface area contributed by atoms with Crippen LogP contribution in [-0.4, -0.2) is 73.4 Å². The number of hydrogen-bond donors (Lipinski definition) is 0. The Morgan fingerprint density at radius 3 is 0.577 bits per heavy atom. The Kier molecular flexibility index (Phi) is 85.3. The van der Waals surface area contributed by atoms with E-state index in [-0.39, 0.29) is 38.5 Å². The standard InChI is InChI=1S/C99H182O12/c1-7-13-19-25-31-37-43-46-49-52-55-61-67-73-79-85-94(100)109-91(82-76-70-64-58-40-34-28-22-16-10-4)97(103)106-88-90(108-99(105)93(84-78-72-66-60-42-36-30-24-18-12-6)111-96(102)87-81-75-69-63-57-54-51-48-45-39-33-27-21-15-9-3)89-107-98(104)92(83-77-71-65-59-41-35-29-23-17-11-5)110-95(101)86-80-74-68-62-56-53-50-47-44-38-32-26-20-14-8-2/h46-51,90-93H,7-45,52-89H2,1-6H3. The van der Waals surface area contributed by atoms with E-state index in [1.807, 2.05) is 0 Å². The van der Waals surface area contributed by atoms with Crippen molar-refractivity contribution in [2.75, 3.05) is 13.2 Å². The highest BCUT2D eigenvalue weighted by Gasteiger charge is 2.32. The molecule has 0 fully saturated rings. The monoisotopic (exact) mass is 1560 g/mol. The van der Waals surface area contributed by atoms with Crippen molar-refractivity contribution in [1.82, 2.24) is 0 Å². The molecule has 0 amide bonds. The van der Waals surface area contributed by atoms with Gasteiger partial charge in [-0.05, 0) is 135 Å². The van der Waals surface area contributed by atoms with E-state index in [2.05, 4.69) is 78.0 Å². The quantitative estimate of drug-likeness (QED) is 0.0246. The Morgan fingerprint density at radius 1 is 0.198 bits per heavy atom. The zero-order valence-electron chi connectivity index (χ0n) is 74.1. The molecule has 0 heterocycles. The highest BCUT2D eigenvalue weighted by Crippen LogP contribution is 2.23. The first kappa shape index (κ1) is 107. The number of allylic oxidation sites excluding steroid dienone is 6. The van der Waals surface area contributed by atoms with Gasteiger partial charge in [-0.3, -0.25) is 14.4 Å². The fourth-order valence-electron chi connectivity index (χ4n) is 14.7. The van der Waals surface area contributed by atoms with Gasteiger partial charge in [-0.15, -0.1) is 0 Å². The minimum absolute atomic E-state index is 0.172. The van der Waals surface area contributed by atoms with E-state index in [0.717, 1.165) is 180 Å². The minimum Gasteiger partial charge on any atom is -0.459 e. The molecule has 0 saturated carbocycles.